The van der Waals surface area contributed by atoms with Crippen molar-refractivity contribution in [3.8, 4) is 16.3 Å². The van der Waals surface area contributed by atoms with Gasteiger partial charge in [-0.25, -0.2) is 4.98 Å². The lowest BCUT2D eigenvalue weighted by molar-refractivity contribution is -0.153. The smallest absolute Gasteiger partial charge is 0.312 e. The maximum Gasteiger partial charge on any atom is 0.312 e. The van der Waals surface area contributed by atoms with Crippen LogP contribution in [0, 0.1) is 5.92 Å². The van der Waals surface area contributed by atoms with Gasteiger partial charge in [0.25, 0.3) is 5.91 Å². The normalized spacial score (nSPS) is 14.2. The van der Waals surface area contributed by atoms with Crippen molar-refractivity contribution in [1.29, 1.82) is 0 Å². The fourth-order valence-electron chi connectivity index (χ4n) is 3.40. The van der Waals surface area contributed by atoms with E-state index in [4.69, 9.17) is 14.2 Å². The first-order valence-electron chi connectivity index (χ1n) is 10.2. The molecule has 0 aliphatic carbocycles. The van der Waals surface area contributed by atoms with Gasteiger partial charge in [0.05, 0.1) is 37.3 Å². The summed E-state index contributed by atoms with van der Waals surface area (Å²) in [5.74, 6) is -0.447. The van der Waals surface area contributed by atoms with Gasteiger partial charge in [-0.1, -0.05) is 12.1 Å². The van der Waals surface area contributed by atoms with E-state index in [0.29, 0.717) is 38.2 Å². The van der Waals surface area contributed by atoms with Crippen molar-refractivity contribution in [1.82, 2.24) is 9.88 Å². The van der Waals surface area contributed by atoms with E-state index < -0.39 is 5.97 Å². The fourth-order valence-corrected chi connectivity index (χ4v) is 4.25. The zero-order valence-electron chi connectivity index (χ0n) is 17.7. The number of carbonyl (C=O) groups is 3. The van der Waals surface area contributed by atoms with Crippen LogP contribution >= 0.6 is 11.3 Å². The Kier molecular flexibility index (Phi) is 8.00. The molecule has 1 fully saturated rings. The summed E-state index contributed by atoms with van der Waals surface area (Å²) in [6.07, 6.45) is 1.10. The van der Waals surface area contributed by atoms with E-state index in [-0.39, 0.29) is 30.8 Å². The van der Waals surface area contributed by atoms with Gasteiger partial charge < -0.3 is 19.1 Å². The summed E-state index contributed by atoms with van der Waals surface area (Å²) < 4.78 is 15.5. The van der Waals surface area contributed by atoms with Gasteiger partial charge in [0.1, 0.15) is 10.8 Å². The molecule has 0 radical (unpaired) electrons. The molecule has 1 aromatic carbocycles. The van der Waals surface area contributed by atoms with Gasteiger partial charge in [-0.2, -0.15) is 0 Å². The number of para-hydroxylation sites is 1. The number of amides is 1. The largest absolute Gasteiger partial charge is 0.493 e. The van der Waals surface area contributed by atoms with Crippen molar-refractivity contribution in [2.75, 3.05) is 33.4 Å². The van der Waals surface area contributed by atoms with Gasteiger partial charge >= 0.3 is 11.9 Å². The summed E-state index contributed by atoms with van der Waals surface area (Å²) in [5, 5.41) is 2.56. The lowest BCUT2D eigenvalue weighted by atomic mass is 9.97. The molecule has 8 nitrogen and oxygen atoms in total. The number of likely N-dealkylation sites (tertiary alicyclic amines) is 1. The lowest BCUT2D eigenvalue weighted by Crippen LogP contribution is -2.42. The third-order valence-corrected chi connectivity index (χ3v) is 5.96. The molecule has 166 valence electrons. The molecule has 9 heteroatoms. The molecule has 1 aliphatic rings. The van der Waals surface area contributed by atoms with Crippen LogP contribution in [-0.4, -0.2) is 61.1 Å². The number of piperidine rings is 1. The third kappa shape index (κ3) is 6.04. The summed E-state index contributed by atoms with van der Waals surface area (Å²) in [6.45, 7) is 3.06. The predicted molar refractivity (Wildman–Crippen MR) is 115 cm³/mol. The van der Waals surface area contributed by atoms with E-state index in [1.165, 1.54) is 18.4 Å². The highest BCUT2D eigenvalue weighted by Gasteiger charge is 2.28. The SMILES string of the molecule is CCOc1ccccc1-c1nc(CC(=O)OCC(=O)N2CCC(C(=O)OC)CC2)cs1. The maximum absolute atomic E-state index is 12.3. The van der Waals surface area contributed by atoms with Crippen LogP contribution in [0.3, 0.4) is 0 Å². The maximum atomic E-state index is 12.3. The van der Waals surface area contributed by atoms with Crippen LogP contribution in [0.4, 0.5) is 0 Å². The van der Waals surface area contributed by atoms with Gasteiger partial charge in [0.2, 0.25) is 0 Å². The van der Waals surface area contributed by atoms with E-state index in [1.54, 1.807) is 10.3 Å². The van der Waals surface area contributed by atoms with Crippen molar-refractivity contribution >= 4 is 29.2 Å². The van der Waals surface area contributed by atoms with E-state index in [2.05, 4.69) is 4.98 Å². The average Bonchev–Trinajstić information content (AvgIpc) is 3.25. The van der Waals surface area contributed by atoms with Gasteiger partial charge in [-0.15, -0.1) is 11.3 Å². The minimum Gasteiger partial charge on any atom is -0.493 e. The molecule has 0 atom stereocenters. The first-order valence-corrected chi connectivity index (χ1v) is 11.1. The minimum atomic E-state index is -0.507. The van der Waals surface area contributed by atoms with Crippen LogP contribution in [0.2, 0.25) is 0 Å². The number of aromatic nitrogens is 1. The highest BCUT2D eigenvalue weighted by Crippen LogP contribution is 2.32. The van der Waals surface area contributed by atoms with Gasteiger partial charge in [0.15, 0.2) is 6.61 Å². The van der Waals surface area contributed by atoms with Crippen molar-refractivity contribution in [2.45, 2.75) is 26.2 Å². The Labute approximate surface area is 185 Å². The summed E-state index contributed by atoms with van der Waals surface area (Å²) in [4.78, 5) is 42.2. The number of carbonyl (C=O) groups excluding carboxylic acids is 3. The average molecular weight is 447 g/mol. The Morgan fingerprint density at radius 2 is 1.94 bits per heavy atom. The molecule has 2 heterocycles. The highest BCUT2D eigenvalue weighted by molar-refractivity contribution is 7.13. The lowest BCUT2D eigenvalue weighted by Gasteiger charge is -2.30. The third-order valence-electron chi connectivity index (χ3n) is 5.03. The van der Waals surface area contributed by atoms with Crippen LogP contribution in [0.25, 0.3) is 10.6 Å². The number of hydrogen-bond acceptors (Lipinski definition) is 8. The van der Waals surface area contributed by atoms with Crippen LogP contribution in [-0.2, 0) is 30.3 Å². The summed E-state index contributed by atoms with van der Waals surface area (Å²) >= 11 is 1.42. The molecule has 0 bridgehead atoms. The number of esters is 2. The minimum absolute atomic E-state index is 0.00893. The quantitative estimate of drug-likeness (QED) is 0.576. The first kappa shape index (κ1) is 22.7. The number of hydrogen-bond donors (Lipinski definition) is 0. The number of ether oxygens (including phenoxy) is 3. The number of thiazole rings is 1. The standard InChI is InChI=1S/C22H26N2O6S/c1-3-29-18-7-5-4-6-17(18)21-23-16(14-31-21)12-20(26)30-13-19(25)24-10-8-15(9-11-24)22(27)28-2/h4-7,14-15H,3,8-13H2,1-2H3. The van der Waals surface area contributed by atoms with Gasteiger partial charge in [-0.3, -0.25) is 14.4 Å². The Hall–Kier alpha value is -2.94. The van der Waals surface area contributed by atoms with E-state index in [9.17, 15) is 14.4 Å². The van der Waals surface area contributed by atoms with Crippen molar-refractivity contribution in [2.24, 2.45) is 5.92 Å². The van der Waals surface area contributed by atoms with Crippen LogP contribution in [0.5, 0.6) is 5.75 Å². The second-order valence-corrected chi connectivity index (χ2v) is 7.95. The van der Waals surface area contributed by atoms with Crippen molar-refractivity contribution in [3.63, 3.8) is 0 Å². The second kappa shape index (κ2) is 10.9. The number of benzene rings is 1. The summed E-state index contributed by atoms with van der Waals surface area (Å²) in [6, 6.07) is 7.61. The molecule has 0 spiro atoms. The second-order valence-electron chi connectivity index (χ2n) is 7.09. The molecule has 1 saturated heterocycles. The van der Waals surface area contributed by atoms with Gasteiger partial charge in [0, 0.05) is 18.5 Å². The molecule has 1 aliphatic heterocycles. The van der Waals surface area contributed by atoms with E-state index in [0.717, 1.165) is 16.3 Å². The number of methoxy groups -OCH3 is 1. The predicted octanol–water partition coefficient (Wildman–Crippen LogP) is 2.71. The Balaban J connectivity index is 1.48. The van der Waals surface area contributed by atoms with Crippen LogP contribution in [0.15, 0.2) is 29.6 Å². The summed E-state index contributed by atoms with van der Waals surface area (Å²) in [5.41, 5.74) is 1.46. The molecule has 0 saturated carbocycles. The monoisotopic (exact) mass is 446 g/mol. The molecule has 2 aromatic rings. The summed E-state index contributed by atoms with van der Waals surface area (Å²) in [7, 11) is 1.36. The molecule has 0 unspecified atom stereocenters. The Morgan fingerprint density at radius 1 is 1.19 bits per heavy atom. The first-order chi connectivity index (χ1) is 15.0. The topological polar surface area (TPSA) is 95.0 Å². The molecule has 0 N–H and O–H groups in total. The Bertz CT molecular complexity index is 920. The van der Waals surface area contributed by atoms with Crippen LogP contribution in [0.1, 0.15) is 25.5 Å². The molecule has 1 aromatic heterocycles. The van der Waals surface area contributed by atoms with E-state index in [1.807, 2.05) is 31.2 Å². The fraction of sp³-hybridized carbons (Fsp3) is 0.455. The number of rotatable bonds is 8. The van der Waals surface area contributed by atoms with E-state index >= 15 is 0 Å². The molecular formula is C22H26N2O6S. The van der Waals surface area contributed by atoms with Gasteiger partial charge in [-0.05, 0) is 31.9 Å². The van der Waals surface area contributed by atoms with Crippen LogP contribution < -0.4 is 4.74 Å². The van der Waals surface area contributed by atoms with Crippen molar-refractivity contribution in [3.05, 3.63) is 35.3 Å². The zero-order chi connectivity index (χ0) is 22.2. The number of nitrogens with zero attached hydrogens (tertiary/aromatic N) is 2. The zero-order valence-corrected chi connectivity index (χ0v) is 18.5. The molecular weight excluding hydrogens is 420 g/mol. The van der Waals surface area contributed by atoms with Crippen molar-refractivity contribution < 1.29 is 28.6 Å². The highest BCUT2D eigenvalue weighted by atomic mass is 32.1. The molecule has 31 heavy (non-hydrogen) atoms. The molecule has 1 amide bonds. The molecule has 3 rings (SSSR count). The Morgan fingerprint density at radius 3 is 2.65 bits per heavy atom.